The molecule has 0 saturated heterocycles. The summed E-state index contributed by atoms with van der Waals surface area (Å²) < 4.78 is 5.68. The molecule has 1 aromatic heterocycles. The van der Waals surface area contributed by atoms with E-state index in [4.69, 9.17) is 22.1 Å². The summed E-state index contributed by atoms with van der Waals surface area (Å²) >= 11 is 5.95. The van der Waals surface area contributed by atoms with Gasteiger partial charge in [0.2, 0.25) is 0 Å². The number of rotatable bonds is 3. The summed E-state index contributed by atoms with van der Waals surface area (Å²) in [5, 5.41) is 0.481. The number of nitrogens with zero attached hydrogens (tertiary/aromatic N) is 1. The first-order valence-corrected chi connectivity index (χ1v) is 5.24. The maximum Gasteiger partial charge on any atom is 0.149 e. The average Bonchev–Trinajstić information content (AvgIpc) is 2.33. The van der Waals surface area contributed by atoms with Crippen LogP contribution in [0, 0.1) is 0 Å². The Morgan fingerprint density at radius 3 is 2.75 bits per heavy atom. The molecular weight excluding hydrogens is 224 g/mol. The molecule has 1 heterocycles. The molecule has 0 aliphatic carbocycles. The van der Waals surface area contributed by atoms with Crippen LogP contribution >= 0.6 is 11.6 Å². The van der Waals surface area contributed by atoms with Crippen molar-refractivity contribution in [2.75, 3.05) is 0 Å². The van der Waals surface area contributed by atoms with Gasteiger partial charge in [-0.25, -0.2) is 0 Å². The van der Waals surface area contributed by atoms with Crippen LogP contribution in [0.15, 0.2) is 42.7 Å². The van der Waals surface area contributed by atoms with Crippen molar-refractivity contribution in [2.24, 2.45) is 5.73 Å². The second-order valence-electron chi connectivity index (χ2n) is 3.22. The second-order valence-corrected chi connectivity index (χ2v) is 3.63. The van der Waals surface area contributed by atoms with Crippen molar-refractivity contribution >= 4 is 11.6 Å². The fraction of sp³-hybridized carbons (Fsp3) is 0.0833. The highest BCUT2D eigenvalue weighted by atomic mass is 35.5. The van der Waals surface area contributed by atoms with Crippen molar-refractivity contribution in [3.8, 4) is 11.5 Å². The summed E-state index contributed by atoms with van der Waals surface area (Å²) in [7, 11) is 0. The normalized spacial score (nSPS) is 10.1. The van der Waals surface area contributed by atoms with Crippen LogP contribution in [-0.2, 0) is 6.54 Å². The molecule has 1 aromatic carbocycles. The molecule has 0 bridgehead atoms. The third-order valence-electron chi connectivity index (χ3n) is 2.15. The smallest absolute Gasteiger partial charge is 0.149 e. The van der Waals surface area contributed by atoms with Crippen LogP contribution in [0.3, 0.4) is 0 Å². The van der Waals surface area contributed by atoms with E-state index >= 15 is 0 Å². The first-order chi connectivity index (χ1) is 7.81. The summed E-state index contributed by atoms with van der Waals surface area (Å²) in [6.45, 7) is 0.429. The third-order valence-corrected chi connectivity index (χ3v) is 2.43. The van der Waals surface area contributed by atoms with E-state index in [1.165, 1.54) is 0 Å². The van der Waals surface area contributed by atoms with Crippen molar-refractivity contribution in [3.63, 3.8) is 0 Å². The Labute approximate surface area is 98.8 Å². The lowest BCUT2D eigenvalue weighted by Crippen LogP contribution is -1.99. The van der Waals surface area contributed by atoms with Gasteiger partial charge in [0.25, 0.3) is 0 Å². The zero-order valence-corrected chi connectivity index (χ0v) is 9.32. The summed E-state index contributed by atoms with van der Waals surface area (Å²) in [5.74, 6) is 1.30. The second kappa shape index (κ2) is 4.96. The Balaban J connectivity index is 2.30. The maximum absolute atomic E-state index is 5.95. The molecule has 82 valence electrons. The Hall–Kier alpha value is -1.58. The number of aromatic nitrogens is 1. The Bertz CT molecular complexity index is 488. The van der Waals surface area contributed by atoms with Gasteiger partial charge in [-0.05, 0) is 6.07 Å². The molecule has 0 atom stereocenters. The van der Waals surface area contributed by atoms with Gasteiger partial charge in [0.1, 0.15) is 16.5 Å². The molecule has 2 N–H and O–H groups in total. The van der Waals surface area contributed by atoms with Crippen LogP contribution in [0.2, 0.25) is 5.02 Å². The molecule has 0 radical (unpaired) electrons. The van der Waals surface area contributed by atoms with E-state index in [0.29, 0.717) is 17.3 Å². The number of hydrogen-bond acceptors (Lipinski definition) is 3. The van der Waals surface area contributed by atoms with E-state index in [2.05, 4.69) is 4.98 Å². The van der Waals surface area contributed by atoms with Gasteiger partial charge in [0, 0.05) is 30.6 Å². The summed E-state index contributed by atoms with van der Waals surface area (Å²) in [6, 6.07) is 9.31. The SMILES string of the molecule is NCc1ccccc1Oc1ccncc1Cl. The number of para-hydroxylation sites is 1. The van der Waals surface area contributed by atoms with Gasteiger partial charge in [0.15, 0.2) is 0 Å². The van der Waals surface area contributed by atoms with Gasteiger partial charge in [0.05, 0.1) is 0 Å². The lowest BCUT2D eigenvalue weighted by molar-refractivity contribution is 0.476. The lowest BCUT2D eigenvalue weighted by atomic mass is 10.2. The number of halogens is 1. The minimum Gasteiger partial charge on any atom is -0.455 e. The van der Waals surface area contributed by atoms with Crippen molar-refractivity contribution in [2.45, 2.75) is 6.54 Å². The summed E-state index contributed by atoms with van der Waals surface area (Å²) in [6.07, 6.45) is 3.17. The molecule has 2 aromatic rings. The highest BCUT2D eigenvalue weighted by molar-refractivity contribution is 6.31. The fourth-order valence-corrected chi connectivity index (χ4v) is 1.49. The van der Waals surface area contributed by atoms with Gasteiger partial charge >= 0.3 is 0 Å². The van der Waals surface area contributed by atoms with Crippen LogP contribution in [-0.4, -0.2) is 4.98 Å². The average molecular weight is 235 g/mol. The lowest BCUT2D eigenvalue weighted by Gasteiger charge is -2.10. The van der Waals surface area contributed by atoms with Crippen LogP contribution < -0.4 is 10.5 Å². The van der Waals surface area contributed by atoms with Gasteiger partial charge in [-0.3, -0.25) is 4.98 Å². The molecule has 0 spiro atoms. The Kier molecular flexibility index (Phi) is 3.39. The first kappa shape index (κ1) is 10.9. The predicted octanol–water partition coefficient (Wildman–Crippen LogP) is 2.99. The highest BCUT2D eigenvalue weighted by Crippen LogP contribution is 2.29. The molecule has 0 aliphatic heterocycles. The van der Waals surface area contributed by atoms with Gasteiger partial charge in [-0.2, -0.15) is 0 Å². The van der Waals surface area contributed by atoms with Crippen molar-refractivity contribution in [1.82, 2.24) is 4.98 Å². The molecule has 0 saturated carbocycles. The Morgan fingerprint density at radius 1 is 1.19 bits per heavy atom. The van der Waals surface area contributed by atoms with E-state index < -0.39 is 0 Å². The van der Waals surface area contributed by atoms with Crippen LogP contribution in [0.25, 0.3) is 0 Å². The molecule has 0 amide bonds. The Morgan fingerprint density at radius 2 is 2.00 bits per heavy atom. The quantitative estimate of drug-likeness (QED) is 0.888. The van der Waals surface area contributed by atoms with Gasteiger partial charge in [-0.15, -0.1) is 0 Å². The molecule has 2 rings (SSSR count). The minimum atomic E-state index is 0.429. The fourth-order valence-electron chi connectivity index (χ4n) is 1.34. The topological polar surface area (TPSA) is 48.1 Å². The standard InChI is InChI=1S/C12H11ClN2O/c13-10-8-15-6-5-12(10)16-11-4-2-1-3-9(11)7-14/h1-6,8H,7,14H2. The first-order valence-electron chi connectivity index (χ1n) is 4.86. The maximum atomic E-state index is 5.95. The van der Waals surface area contributed by atoms with Crippen molar-refractivity contribution in [3.05, 3.63) is 53.3 Å². The molecule has 4 heteroatoms. The zero-order valence-electron chi connectivity index (χ0n) is 8.56. The van der Waals surface area contributed by atoms with E-state index in [-0.39, 0.29) is 0 Å². The number of pyridine rings is 1. The van der Waals surface area contributed by atoms with Crippen LogP contribution in [0.1, 0.15) is 5.56 Å². The minimum absolute atomic E-state index is 0.429. The van der Waals surface area contributed by atoms with Crippen LogP contribution in [0.5, 0.6) is 11.5 Å². The van der Waals surface area contributed by atoms with Crippen molar-refractivity contribution in [1.29, 1.82) is 0 Å². The molecule has 16 heavy (non-hydrogen) atoms. The largest absolute Gasteiger partial charge is 0.455 e. The third kappa shape index (κ3) is 2.32. The molecule has 0 fully saturated rings. The number of ether oxygens (including phenoxy) is 1. The molecule has 3 nitrogen and oxygen atoms in total. The molecule has 0 unspecified atom stereocenters. The van der Waals surface area contributed by atoms with E-state index in [0.717, 1.165) is 11.3 Å². The summed E-state index contributed by atoms with van der Waals surface area (Å²) in [4.78, 5) is 3.89. The van der Waals surface area contributed by atoms with Crippen LogP contribution in [0.4, 0.5) is 0 Å². The highest BCUT2D eigenvalue weighted by Gasteiger charge is 2.05. The van der Waals surface area contributed by atoms with Gasteiger partial charge < -0.3 is 10.5 Å². The monoisotopic (exact) mass is 234 g/mol. The zero-order chi connectivity index (χ0) is 11.4. The molecule has 0 aliphatic rings. The van der Waals surface area contributed by atoms with E-state index in [1.54, 1.807) is 18.5 Å². The number of benzene rings is 1. The predicted molar refractivity (Wildman–Crippen MR) is 63.7 cm³/mol. The van der Waals surface area contributed by atoms with Gasteiger partial charge in [-0.1, -0.05) is 29.8 Å². The number of hydrogen-bond donors (Lipinski definition) is 1. The number of nitrogens with two attached hydrogens (primary N) is 1. The van der Waals surface area contributed by atoms with E-state index in [9.17, 15) is 0 Å². The van der Waals surface area contributed by atoms with E-state index in [1.807, 2.05) is 24.3 Å². The summed E-state index contributed by atoms with van der Waals surface area (Å²) in [5.41, 5.74) is 6.56. The van der Waals surface area contributed by atoms with Crippen molar-refractivity contribution < 1.29 is 4.74 Å². The molecular formula is C12H11ClN2O.